The number of nitrogens with zero attached hydrogens (tertiary/aromatic N) is 1. The van der Waals surface area contributed by atoms with Gasteiger partial charge >= 0.3 is 0 Å². The minimum absolute atomic E-state index is 0. The van der Waals surface area contributed by atoms with Crippen LogP contribution in [0.15, 0.2) is 54.7 Å². The summed E-state index contributed by atoms with van der Waals surface area (Å²) in [5.41, 5.74) is 2.48. The molecule has 1 heterocycles. The first kappa shape index (κ1) is 17.5. The molecule has 2 aromatic carbocycles. The van der Waals surface area contributed by atoms with Gasteiger partial charge in [0.2, 0.25) is 0 Å². The van der Waals surface area contributed by atoms with Crippen molar-refractivity contribution in [3.63, 3.8) is 0 Å². The summed E-state index contributed by atoms with van der Waals surface area (Å²) in [6.45, 7) is 0. The van der Waals surface area contributed by atoms with Crippen molar-refractivity contribution in [2.45, 2.75) is 6.42 Å². The van der Waals surface area contributed by atoms with Gasteiger partial charge in [0.1, 0.15) is 18.5 Å². The lowest BCUT2D eigenvalue weighted by Gasteiger charge is -2.08. The number of benzene rings is 2. The molecule has 0 saturated heterocycles. The van der Waals surface area contributed by atoms with Crippen LogP contribution >= 0.6 is 0 Å². The van der Waals surface area contributed by atoms with E-state index in [1.165, 1.54) is 22.0 Å². The fourth-order valence-electron chi connectivity index (χ4n) is 2.73. The van der Waals surface area contributed by atoms with Crippen LogP contribution in [0.4, 0.5) is 0 Å². The van der Waals surface area contributed by atoms with E-state index in [4.69, 9.17) is 9.47 Å². The van der Waals surface area contributed by atoms with Crippen molar-refractivity contribution in [2.75, 3.05) is 14.2 Å². The van der Waals surface area contributed by atoms with Crippen molar-refractivity contribution < 1.29 is 38.0 Å². The zero-order chi connectivity index (χ0) is 15.5. The van der Waals surface area contributed by atoms with Gasteiger partial charge in [0.15, 0.2) is 11.9 Å². The molecule has 4 heteroatoms. The van der Waals surface area contributed by atoms with Crippen molar-refractivity contribution in [1.29, 1.82) is 0 Å². The second-order valence-corrected chi connectivity index (χ2v) is 5.35. The second-order valence-electron chi connectivity index (χ2n) is 5.35. The molecule has 3 aromatic rings. The number of fused-ring (bicyclic) bond motifs is 1. The summed E-state index contributed by atoms with van der Waals surface area (Å²) in [6, 6.07) is 16.5. The van der Waals surface area contributed by atoms with E-state index in [1.54, 1.807) is 14.2 Å². The summed E-state index contributed by atoms with van der Waals surface area (Å²) in [5, 5.41) is 2.43. The van der Waals surface area contributed by atoms with E-state index >= 15 is 0 Å². The number of pyridine rings is 1. The average molecular weight is 421 g/mol. The number of hydrogen-bond acceptors (Lipinski definition) is 2. The van der Waals surface area contributed by atoms with Crippen molar-refractivity contribution in [3.8, 4) is 11.5 Å². The highest BCUT2D eigenvalue weighted by molar-refractivity contribution is 5.85. The Morgan fingerprint density at radius 1 is 0.913 bits per heavy atom. The normalized spacial score (nSPS) is 10.2. The molecule has 0 amide bonds. The number of aryl methyl sites for hydroxylation is 1. The maximum absolute atomic E-state index is 5.37. The van der Waals surface area contributed by atoms with Gasteiger partial charge in [-0.15, -0.1) is 0 Å². The van der Waals surface area contributed by atoms with Crippen LogP contribution in [0.2, 0.25) is 0 Å². The van der Waals surface area contributed by atoms with Crippen molar-refractivity contribution in [3.05, 3.63) is 66.0 Å². The Morgan fingerprint density at radius 2 is 1.65 bits per heavy atom. The minimum Gasteiger partial charge on any atom is -1.00 e. The van der Waals surface area contributed by atoms with Crippen LogP contribution in [0, 0.1) is 0 Å². The van der Waals surface area contributed by atoms with E-state index in [-0.39, 0.29) is 24.0 Å². The summed E-state index contributed by atoms with van der Waals surface area (Å²) in [5.74, 6) is 1.77. The molecular weight excluding hydrogens is 401 g/mol. The molecule has 0 aliphatic heterocycles. The zero-order valence-electron chi connectivity index (χ0n) is 13.5. The summed E-state index contributed by atoms with van der Waals surface area (Å²) < 4.78 is 12.9. The Balaban J connectivity index is 0.00000192. The first-order valence-corrected chi connectivity index (χ1v) is 7.29. The van der Waals surface area contributed by atoms with Crippen LogP contribution in [0.1, 0.15) is 11.3 Å². The molecule has 0 bridgehead atoms. The number of rotatable bonds is 4. The average Bonchev–Trinajstić information content (AvgIpc) is 2.57. The third kappa shape index (κ3) is 3.75. The molecule has 1 aromatic heterocycles. The fourth-order valence-corrected chi connectivity index (χ4v) is 2.73. The third-order valence-electron chi connectivity index (χ3n) is 3.98. The SMILES string of the molecule is COc1cccc(Cc2c3cc(OC)ccc3cc[n+]2C)c1.[I-]. The molecular formula is C19H20INO2. The molecule has 0 aliphatic rings. The van der Waals surface area contributed by atoms with Crippen LogP contribution in [-0.4, -0.2) is 14.2 Å². The van der Waals surface area contributed by atoms with E-state index in [0.717, 1.165) is 17.9 Å². The predicted octanol–water partition coefficient (Wildman–Crippen LogP) is 0.276. The molecule has 0 unspecified atom stereocenters. The van der Waals surface area contributed by atoms with Gasteiger partial charge in [0.25, 0.3) is 0 Å². The van der Waals surface area contributed by atoms with E-state index in [2.05, 4.69) is 48.1 Å². The monoisotopic (exact) mass is 421 g/mol. The van der Waals surface area contributed by atoms with Crippen LogP contribution in [0.3, 0.4) is 0 Å². The lowest BCUT2D eigenvalue weighted by Crippen LogP contribution is -3.00. The molecule has 23 heavy (non-hydrogen) atoms. The van der Waals surface area contributed by atoms with Crippen molar-refractivity contribution in [2.24, 2.45) is 7.05 Å². The molecule has 120 valence electrons. The predicted molar refractivity (Wildman–Crippen MR) is 87.5 cm³/mol. The Morgan fingerprint density at radius 3 is 2.39 bits per heavy atom. The Kier molecular flexibility index (Phi) is 5.82. The quantitative estimate of drug-likeness (QED) is 0.446. The summed E-state index contributed by atoms with van der Waals surface area (Å²) in [7, 11) is 5.47. The first-order chi connectivity index (χ1) is 10.7. The van der Waals surface area contributed by atoms with E-state index in [9.17, 15) is 0 Å². The number of hydrogen-bond donors (Lipinski definition) is 0. The van der Waals surface area contributed by atoms with Crippen molar-refractivity contribution in [1.82, 2.24) is 0 Å². The number of halogens is 1. The fraction of sp³-hybridized carbons (Fsp3) is 0.211. The first-order valence-electron chi connectivity index (χ1n) is 7.29. The van der Waals surface area contributed by atoms with Gasteiger partial charge in [0.05, 0.1) is 26.0 Å². The summed E-state index contributed by atoms with van der Waals surface area (Å²) >= 11 is 0. The highest BCUT2D eigenvalue weighted by Crippen LogP contribution is 2.24. The lowest BCUT2D eigenvalue weighted by atomic mass is 10.0. The Bertz CT molecular complexity index is 818. The second kappa shape index (κ2) is 7.64. The summed E-state index contributed by atoms with van der Waals surface area (Å²) in [4.78, 5) is 0. The van der Waals surface area contributed by atoms with Crippen molar-refractivity contribution >= 4 is 10.8 Å². The van der Waals surface area contributed by atoms with Gasteiger partial charge in [-0.3, -0.25) is 0 Å². The molecule has 3 nitrogen and oxygen atoms in total. The van der Waals surface area contributed by atoms with Gasteiger partial charge in [-0.05, 0) is 35.2 Å². The van der Waals surface area contributed by atoms with E-state index < -0.39 is 0 Å². The van der Waals surface area contributed by atoms with Crippen LogP contribution in [0.5, 0.6) is 11.5 Å². The van der Waals surface area contributed by atoms with Crippen LogP contribution < -0.4 is 38.0 Å². The van der Waals surface area contributed by atoms with E-state index in [1.807, 2.05) is 18.2 Å². The maximum atomic E-state index is 5.37. The smallest absolute Gasteiger partial charge is 0.193 e. The van der Waals surface area contributed by atoms with E-state index in [0.29, 0.717) is 0 Å². The minimum atomic E-state index is 0. The highest BCUT2D eigenvalue weighted by atomic mass is 127. The lowest BCUT2D eigenvalue weighted by molar-refractivity contribution is -0.677. The molecule has 0 saturated carbocycles. The standard InChI is InChI=1S/C19H20NO2.HI/c1-20-10-9-15-7-8-17(22-3)13-18(15)19(20)12-14-5-4-6-16(11-14)21-2;/h4-11,13H,12H2,1-3H3;1H/q+1;/p-1. The van der Waals surface area contributed by atoms with Gasteiger partial charge < -0.3 is 33.5 Å². The molecule has 0 spiro atoms. The Labute approximate surface area is 153 Å². The molecule has 0 aliphatic carbocycles. The maximum Gasteiger partial charge on any atom is 0.193 e. The Hall–Kier alpha value is -1.82. The summed E-state index contributed by atoms with van der Waals surface area (Å²) in [6.07, 6.45) is 2.95. The third-order valence-corrected chi connectivity index (χ3v) is 3.98. The van der Waals surface area contributed by atoms with Crippen LogP contribution in [-0.2, 0) is 13.5 Å². The number of ether oxygens (including phenoxy) is 2. The topological polar surface area (TPSA) is 22.3 Å². The molecule has 3 rings (SSSR count). The number of aromatic nitrogens is 1. The molecule has 0 radical (unpaired) electrons. The zero-order valence-corrected chi connectivity index (χ0v) is 15.7. The largest absolute Gasteiger partial charge is 1.00 e. The molecule has 0 N–H and O–H groups in total. The van der Waals surface area contributed by atoms with Gasteiger partial charge in [-0.1, -0.05) is 18.2 Å². The molecule has 0 atom stereocenters. The van der Waals surface area contributed by atoms with Gasteiger partial charge in [0, 0.05) is 6.07 Å². The molecule has 0 fully saturated rings. The highest BCUT2D eigenvalue weighted by Gasteiger charge is 2.14. The van der Waals surface area contributed by atoms with Crippen LogP contribution in [0.25, 0.3) is 10.8 Å². The van der Waals surface area contributed by atoms with Gasteiger partial charge in [-0.25, -0.2) is 4.57 Å². The van der Waals surface area contributed by atoms with Gasteiger partial charge in [-0.2, -0.15) is 0 Å². The number of methoxy groups -OCH3 is 2.